The molecule has 122 valence electrons. The van der Waals surface area contributed by atoms with Crippen LogP contribution in [-0.4, -0.2) is 29.3 Å². The van der Waals surface area contributed by atoms with Gasteiger partial charge >= 0.3 is 5.97 Å². The second-order valence-corrected chi connectivity index (χ2v) is 6.40. The van der Waals surface area contributed by atoms with Crippen LogP contribution in [0.1, 0.15) is 21.6 Å². The van der Waals surface area contributed by atoms with Crippen molar-refractivity contribution in [1.82, 2.24) is 4.57 Å². The second kappa shape index (κ2) is 7.36. The maximum Gasteiger partial charge on any atom is 0.340 e. The highest BCUT2D eigenvalue weighted by Gasteiger charge is 2.18. The molecule has 1 aromatic heterocycles. The number of fused-ring (bicyclic) bond motifs is 1. The van der Waals surface area contributed by atoms with E-state index in [1.54, 1.807) is 22.5 Å². The van der Waals surface area contributed by atoms with E-state index in [9.17, 15) is 9.59 Å². The van der Waals surface area contributed by atoms with Crippen molar-refractivity contribution in [2.45, 2.75) is 11.3 Å². The number of esters is 1. The van der Waals surface area contributed by atoms with Gasteiger partial charge in [-0.3, -0.25) is 9.36 Å². The predicted molar refractivity (Wildman–Crippen MR) is 95.7 cm³/mol. The number of ether oxygens (including phenoxy) is 1. The van der Waals surface area contributed by atoms with Gasteiger partial charge in [0, 0.05) is 28.7 Å². The monoisotopic (exact) mass is 339 g/mol. The first-order chi connectivity index (χ1) is 11.7. The molecule has 1 heterocycles. The summed E-state index contributed by atoms with van der Waals surface area (Å²) in [5, 5.41) is 0.730. The summed E-state index contributed by atoms with van der Waals surface area (Å²) < 4.78 is 6.36. The van der Waals surface area contributed by atoms with Crippen molar-refractivity contribution in [3.8, 4) is 0 Å². The van der Waals surface area contributed by atoms with E-state index in [2.05, 4.69) is 0 Å². The number of thioether (sulfide) groups is 1. The summed E-state index contributed by atoms with van der Waals surface area (Å²) in [6.45, 7) is 0. The Labute approximate surface area is 144 Å². The van der Waals surface area contributed by atoms with Gasteiger partial charge in [-0.15, -0.1) is 11.8 Å². The Bertz CT molecular complexity index is 871. The van der Waals surface area contributed by atoms with Crippen molar-refractivity contribution in [2.75, 3.05) is 12.9 Å². The van der Waals surface area contributed by atoms with Gasteiger partial charge in [0.15, 0.2) is 0 Å². The van der Waals surface area contributed by atoms with Crippen molar-refractivity contribution in [3.63, 3.8) is 0 Å². The molecule has 0 bridgehead atoms. The first-order valence-corrected chi connectivity index (χ1v) is 8.58. The molecule has 3 aromatic rings. The first kappa shape index (κ1) is 16.3. The molecule has 0 unspecified atom stereocenters. The van der Waals surface area contributed by atoms with Crippen LogP contribution in [0.4, 0.5) is 0 Å². The Morgan fingerprint density at radius 2 is 1.75 bits per heavy atom. The number of para-hydroxylation sites is 1. The molecule has 0 radical (unpaired) electrons. The molecule has 0 atom stereocenters. The number of methoxy groups -OCH3 is 1. The van der Waals surface area contributed by atoms with Crippen LogP contribution in [0.2, 0.25) is 0 Å². The SMILES string of the molecule is COC(=O)c1cn(C(=O)CCSc2ccccc2)c2ccccc12. The minimum atomic E-state index is -0.434. The Hall–Kier alpha value is -2.53. The molecule has 0 spiro atoms. The number of nitrogens with zero attached hydrogens (tertiary/aromatic N) is 1. The Morgan fingerprint density at radius 3 is 2.50 bits per heavy atom. The van der Waals surface area contributed by atoms with Gasteiger partial charge in [0.2, 0.25) is 5.91 Å². The molecule has 0 amide bonds. The summed E-state index contributed by atoms with van der Waals surface area (Å²) in [7, 11) is 1.34. The van der Waals surface area contributed by atoms with E-state index in [1.165, 1.54) is 7.11 Å². The molecule has 0 saturated carbocycles. The van der Waals surface area contributed by atoms with Gasteiger partial charge in [-0.25, -0.2) is 4.79 Å². The number of hydrogen-bond acceptors (Lipinski definition) is 4. The van der Waals surface area contributed by atoms with E-state index in [-0.39, 0.29) is 5.91 Å². The minimum absolute atomic E-state index is 0.0372. The average Bonchev–Trinajstić information content (AvgIpc) is 3.02. The third-order valence-corrected chi connectivity index (χ3v) is 4.73. The standard InChI is InChI=1S/C19H17NO3S/c1-23-19(22)16-13-20(17-10-6-5-9-15(16)17)18(21)11-12-24-14-7-3-2-4-8-14/h2-10,13H,11-12H2,1H3. The predicted octanol–water partition coefficient (Wildman–Crippen LogP) is 4.25. The number of hydrogen-bond donors (Lipinski definition) is 0. The van der Waals surface area contributed by atoms with E-state index in [0.717, 1.165) is 15.8 Å². The van der Waals surface area contributed by atoms with Gasteiger partial charge in [-0.05, 0) is 18.2 Å². The highest BCUT2D eigenvalue weighted by molar-refractivity contribution is 7.99. The van der Waals surface area contributed by atoms with Crippen LogP contribution >= 0.6 is 11.8 Å². The van der Waals surface area contributed by atoms with Crippen LogP contribution in [0.3, 0.4) is 0 Å². The Morgan fingerprint density at radius 1 is 1.04 bits per heavy atom. The Balaban J connectivity index is 1.78. The van der Waals surface area contributed by atoms with Crippen molar-refractivity contribution < 1.29 is 14.3 Å². The summed E-state index contributed by atoms with van der Waals surface area (Å²) in [5.41, 5.74) is 1.14. The van der Waals surface area contributed by atoms with Gasteiger partial charge in [0.1, 0.15) is 0 Å². The Kier molecular flexibility index (Phi) is 5.01. The second-order valence-electron chi connectivity index (χ2n) is 5.23. The van der Waals surface area contributed by atoms with Crippen LogP contribution in [-0.2, 0) is 4.74 Å². The molecule has 0 aliphatic rings. The normalized spacial score (nSPS) is 10.7. The molecular weight excluding hydrogens is 322 g/mol. The van der Waals surface area contributed by atoms with Gasteiger partial charge in [0.25, 0.3) is 0 Å². The van der Waals surface area contributed by atoms with E-state index in [1.807, 2.05) is 54.6 Å². The minimum Gasteiger partial charge on any atom is -0.465 e. The fraction of sp³-hybridized carbons (Fsp3) is 0.158. The van der Waals surface area contributed by atoms with Gasteiger partial charge in [-0.2, -0.15) is 0 Å². The average molecular weight is 339 g/mol. The van der Waals surface area contributed by atoms with Gasteiger partial charge in [0.05, 0.1) is 18.2 Å². The van der Waals surface area contributed by atoms with E-state index >= 15 is 0 Å². The number of benzene rings is 2. The highest BCUT2D eigenvalue weighted by Crippen LogP contribution is 2.23. The first-order valence-electron chi connectivity index (χ1n) is 7.60. The van der Waals surface area contributed by atoms with E-state index < -0.39 is 5.97 Å². The lowest BCUT2D eigenvalue weighted by molar-refractivity contribution is 0.0603. The molecule has 5 heteroatoms. The molecule has 3 rings (SSSR count). The van der Waals surface area contributed by atoms with Crippen LogP contribution in [0.15, 0.2) is 65.7 Å². The maximum absolute atomic E-state index is 12.6. The zero-order valence-electron chi connectivity index (χ0n) is 13.3. The molecule has 24 heavy (non-hydrogen) atoms. The van der Waals surface area contributed by atoms with Gasteiger partial charge < -0.3 is 4.74 Å². The number of carbonyl (C=O) groups is 2. The van der Waals surface area contributed by atoms with Gasteiger partial charge in [-0.1, -0.05) is 36.4 Å². The molecule has 0 aliphatic carbocycles. The zero-order valence-corrected chi connectivity index (χ0v) is 14.1. The van der Waals surface area contributed by atoms with Crippen LogP contribution < -0.4 is 0 Å². The third kappa shape index (κ3) is 3.36. The quantitative estimate of drug-likeness (QED) is 0.515. The van der Waals surface area contributed by atoms with Crippen molar-refractivity contribution in [1.29, 1.82) is 0 Å². The smallest absolute Gasteiger partial charge is 0.340 e. The number of aromatic nitrogens is 1. The summed E-state index contributed by atoms with van der Waals surface area (Å²) in [6, 6.07) is 17.3. The topological polar surface area (TPSA) is 48.3 Å². The maximum atomic E-state index is 12.6. The fourth-order valence-electron chi connectivity index (χ4n) is 2.55. The fourth-order valence-corrected chi connectivity index (χ4v) is 3.41. The molecule has 0 N–H and O–H groups in total. The number of carbonyl (C=O) groups excluding carboxylic acids is 2. The van der Waals surface area contributed by atoms with Crippen LogP contribution in [0, 0.1) is 0 Å². The third-order valence-electron chi connectivity index (χ3n) is 3.71. The molecular formula is C19H17NO3S. The molecule has 2 aromatic carbocycles. The molecule has 4 nitrogen and oxygen atoms in total. The lowest BCUT2D eigenvalue weighted by atomic mass is 10.2. The lowest BCUT2D eigenvalue weighted by Gasteiger charge is -2.04. The van der Waals surface area contributed by atoms with Crippen LogP contribution in [0.25, 0.3) is 10.9 Å². The van der Waals surface area contributed by atoms with E-state index in [0.29, 0.717) is 17.7 Å². The highest BCUT2D eigenvalue weighted by atomic mass is 32.2. The van der Waals surface area contributed by atoms with Crippen molar-refractivity contribution >= 4 is 34.5 Å². The summed E-state index contributed by atoms with van der Waals surface area (Å²) in [4.78, 5) is 25.6. The number of rotatable bonds is 5. The van der Waals surface area contributed by atoms with Crippen molar-refractivity contribution in [2.24, 2.45) is 0 Å². The molecule has 0 aliphatic heterocycles. The summed E-state index contributed by atoms with van der Waals surface area (Å²) >= 11 is 1.64. The zero-order chi connectivity index (χ0) is 16.9. The molecule has 0 fully saturated rings. The van der Waals surface area contributed by atoms with Crippen LogP contribution in [0.5, 0.6) is 0 Å². The summed E-state index contributed by atoms with van der Waals surface area (Å²) in [6.07, 6.45) is 1.96. The van der Waals surface area contributed by atoms with E-state index in [4.69, 9.17) is 4.74 Å². The largest absolute Gasteiger partial charge is 0.465 e. The van der Waals surface area contributed by atoms with Crippen molar-refractivity contribution in [3.05, 3.63) is 66.4 Å². The molecule has 0 saturated heterocycles. The summed E-state index contributed by atoms with van der Waals surface area (Å²) in [5.74, 6) is 0.212. The lowest BCUT2D eigenvalue weighted by Crippen LogP contribution is -2.10.